The van der Waals surface area contributed by atoms with Gasteiger partial charge in [0.1, 0.15) is 5.75 Å². The molecule has 2 aromatic carbocycles. The highest BCUT2D eigenvalue weighted by atomic mass is 16.5. The largest absolute Gasteiger partial charge is 0.493 e. The van der Waals surface area contributed by atoms with E-state index in [2.05, 4.69) is 11.4 Å². The lowest BCUT2D eigenvalue weighted by Crippen LogP contribution is -2.37. The lowest BCUT2D eigenvalue weighted by Gasteiger charge is -2.29. The smallest absolute Gasteiger partial charge is 0.254 e. The first-order valence-electron chi connectivity index (χ1n) is 10.4. The van der Waals surface area contributed by atoms with Crippen molar-refractivity contribution in [3.8, 4) is 5.75 Å². The first-order valence-corrected chi connectivity index (χ1v) is 10.4. The van der Waals surface area contributed by atoms with Gasteiger partial charge in [0.05, 0.1) is 12.6 Å². The SMILES string of the molecule is CC(=O)NC(C)c1ccc2c(c1)CCN(Cc1ccc(OCC3CC3)cc1)C2=O. The predicted octanol–water partition coefficient (Wildman–Crippen LogP) is 3.87. The summed E-state index contributed by atoms with van der Waals surface area (Å²) >= 11 is 0. The van der Waals surface area contributed by atoms with Gasteiger partial charge >= 0.3 is 0 Å². The molecule has 152 valence electrons. The average Bonchev–Trinajstić information content (AvgIpc) is 3.53. The van der Waals surface area contributed by atoms with Crippen LogP contribution < -0.4 is 10.1 Å². The van der Waals surface area contributed by atoms with E-state index >= 15 is 0 Å². The minimum Gasteiger partial charge on any atom is -0.493 e. The van der Waals surface area contributed by atoms with Crippen LogP contribution in [0, 0.1) is 5.92 Å². The van der Waals surface area contributed by atoms with Gasteiger partial charge in [0, 0.05) is 25.6 Å². The van der Waals surface area contributed by atoms with Crippen LogP contribution in [0.3, 0.4) is 0 Å². The molecule has 1 N–H and O–H groups in total. The molecule has 1 heterocycles. The van der Waals surface area contributed by atoms with E-state index in [9.17, 15) is 9.59 Å². The van der Waals surface area contributed by atoms with E-state index in [-0.39, 0.29) is 17.9 Å². The first kappa shape index (κ1) is 19.5. The molecule has 5 heteroatoms. The van der Waals surface area contributed by atoms with E-state index in [0.717, 1.165) is 46.9 Å². The zero-order valence-corrected chi connectivity index (χ0v) is 17.1. The third-order valence-corrected chi connectivity index (χ3v) is 5.70. The molecule has 2 amide bonds. The lowest BCUT2D eigenvalue weighted by molar-refractivity contribution is -0.119. The molecular weight excluding hydrogens is 364 g/mol. The normalized spacial score (nSPS) is 16.9. The monoisotopic (exact) mass is 392 g/mol. The Kier molecular flexibility index (Phi) is 5.56. The molecule has 4 rings (SSSR count). The summed E-state index contributed by atoms with van der Waals surface area (Å²) < 4.78 is 5.79. The summed E-state index contributed by atoms with van der Waals surface area (Å²) in [6.45, 7) is 5.58. The summed E-state index contributed by atoms with van der Waals surface area (Å²) in [4.78, 5) is 26.2. The van der Waals surface area contributed by atoms with Crippen LogP contribution in [-0.2, 0) is 17.8 Å². The molecule has 2 aromatic rings. The van der Waals surface area contributed by atoms with Gasteiger partial charge in [0.25, 0.3) is 5.91 Å². The van der Waals surface area contributed by atoms with Crippen molar-refractivity contribution in [1.29, 1.82) is 0 Å². The van der Waals surface area contributed by atoms with E-state index in [4.69, 9.17) is 4.74 Å². The summed E-state index contributed by atoms with van der Waals surface area (Å²) in [6, 6.07) is 13.9. The Balaban J connectivity index is 1.40. The molecule has 0 spiro atoms. The number of hydrogen-bond donors (Lipinski definition) is 1. The fraction of sp³-hybridized carbons (Fsp3) is 0.417. The van der Waals surface area contributed by atoms with Crippen molar-refractivity contribution in [2.45, 2.75) is 45.7 Å². The number of benzene rings is 2. The molecule has 2 aliphatic rings. The summed E-state index contributed by atoms with van der Waals surface area (Å²) in [5.74, 6) is 1.65. The molecule has 0 radical (unpaired) electrons. The number of hydrogen-bond acceptors (Lipinski definition) is 3. The van der Waals surface area contributed by atoms with Crippen molar-refractivity contribution in [2.75, 3.05) is 13.2 Å². The summed E-state index contributed by atoms with van der Waals surface area (Å²) in [7, 11) is 0. The number of ether oxygens (including phenoxy) is 1. The second-order valence-electron chi connectivity index (χ2n) is 8.21. The minimum atomic E-state index is -0.0634. The Morgan fingerprint density at radius 1 is 1.21 bits per heavy atom. The van der Waals surface area contributed by atoms with E-state index in [1.165, 1.54) is 19.8 Å². The molecule has 1 saturated carbocycles. The third-order valence-electron chi connectivity index (χ3n) is 5.70. The summed E-state index contributed by atoms with van der Waals surface area (Å²) in [5.41, 5.74) is 3.96. The fourth-order valence-corrected chi connectivity index (χ4v) is 3.77. The standard InChI is InChI=1S/C24H28N2O3/c1-16(25-17(2)27)20-7-10-23-21(13-20)11-12-26(24(23)28)14-18-5-8-22(9-6-18)29-15-19-3-4-19/h5-10,13,16,19H,3-4,11-12,14-15H2,1-2H3,(H,25,27). The Morgan fingerprint density at radius 3 is 2.66 bits per heavy atom. The summed E-state index contributed by atoms with van der Waals surface area (Å²) in [6.07, 6.45) is 3.39. The second kappa shape index (κ2) is 8.27. The van der Waals surface area contributed by atoms with Crippen LogP contribution >= 0.6 is 0 Å². The molecule has 1 aliphatic heterocycles. The van der Waals surface area contributed by atoms with E-state index in [0.29, 0.717) is 13.1 Å². The number of nitrogens with zero attached hydrogens (tertiary/aromatic N) is 1. The molecule has 1 fully saturated rings. The van der Waals surface area contributed by atoms with Crippen LogP contribution in [0.2, 0.25) is 0 Å². The van der Waals surface area contributed by atoms with Gasteiger partial charge in [-0.25, -0.2) is 0 Å². The number of carbonyl (C=O) groups excluding carboxylic acids is 2. The summed E-state index contributed by atoms with van der Waals surface area (Å²) in [5, 5.41) is 2.90. The Bertz CT molecular complexity index is 903. The highest BCUT2D eigenvalue weighted by Crippen LogP contribution is 2.30. The van der Waals surface area contributed by atoms with Crippen molar-refractivity contribution in [1.82, 2.24) is 10.2 Å². The van der Waals surface area contributed by atoms with Crippen molar-refractivity contribution < 1.29 is 14.3 Å². The minimum absolute atomic E-state index is 0.0542. The van der Waals surface area contributed by atoms with Gasteiger partial charge in [-0.05, 0) is 67.0 Å². The molecule has 1 unspecified atom stereocenters. The Labute approximate surface area is 172 Å². The number of amides is 2. The Morgan fingerprint density at radius 2 is 1.97 bits per heavy atom. The van der Waals surface area contributed by atoms with Crippen LogP contribution in [0.15, 0.2) is 42.5 Å². The van der Waals surface area contributed by atoms with Crippen LogP contribution in [0.5, 0.6) is 5.75 Å². The molecule has 29 heavy (non-hydrogen) atoms. The predicted molar refractivity (Wildman–Crippen MR) is 112 cm³/mol. The average molecular weight is 392 g/mol. The quantitative estimate of drug-likeness (QED) is 0.778. The number of nitrogens with one attached hydrogen (secondary N) is 1. The van der Waals surface area contributed by atoms with Gasteiger partial charge in [0.15, 0.2) is 0 Å². The van der Waals surface area contributed by atoms with Gasteiger partial charge in [-0.1, -0.05) is 24.3 Å². The molecule has 5 nitrogen and oxygen atoms in total. The van der Waals surface area contributed by atoms with Gasteiger partial charge < -0.3 is 15.0 Å². The Hall–Kier alpha value is -2.82. The first-order chi connectivity index (χ1) is 14.0. The topological polar surface area (TPSA) is 58.6 Å². The second-order valence-corrected chi connectivity index (χ2v) is 8.21. The van der Waals surface area contributed by atoms with Crippen molar-refractivity contribution in [2.24, 2.45) is 5.92 Å². The third kappa shape index (κ3) is 4.78. The maximum absolute atomic E-state index is 13.0. The molecule has 1 atom stereocenters. The van der Waals surface area contributed by atoms with Gasteiger partial charge in [-0.15, -0.1) is 0 Å². The zero-order valence-electron chi connectivity index (χ0n) is 17.1. The maximum Gasteiger partial charge on any atom is 0.254 e. The highest BCUT2D eigenvalue weighted by molar-refractivity contribution is 5.96. The van der Waals surface area contributed by atoms with Crippen LogP contribution in [0.1, 0.15) is 59.8 Å². The maximum atomic E-state index is 13.0. The fourth-order valence-electron chi connectivity index (χ4n) is 3.77. The molecule has 0 bridgehead atoms. The molecule has 0 aromatic heterocycles. The van der Waals surface area contributed by atoms with E-state index in [1.807, 2.05) is 48.2 Å². The van der Waals surface area contributed by atoms with Crippen LogP contribution in [0.25, 0.3) is 0 Å². The van der Waals surface area contributed by atoms with Crippen molar-refractivity contribution >= 4 is 11.8 Å². The van der Waals surface area contributed by atoms with E-state index in [1.54, 1.807) is 0 Å². The van der Waals surface area contributed by atoms with Gasteiger partial charge in [-0.3, -0.25) is 9.59 Å². The molecule has 1 aliphatic carbocycles. The van der Waals surface area contributed by atoms with Crippen molar-refractivity contribution in [3.63, 3.8) is 0 Å². The highest BCUT2D eigenvalue weighted by Gasteiger charge is 2.25. The van der Waals surface area contributed by atoms with Gasteiger partial charge in [-0.2, -0.15) is 0 Å². The van der Waals surface area contributed by atoms with Crippen LogP contribution in [-0.4, -0.2) is 29.9 Å². The van der Waals surface area contributed by atoms with E-state index < -0.39 is 0 Å². The molecular formula is C24H28N2O3. The lowest BCUT2D eigenvalue weighted by atomic mass is 9.94. The number of carbonyl (C=O) groups is 2. The number of fused-ring (bicyclic) bond motifs is 1. The number of rotatable bonds is 7. The van der Waals surface area contributed by atoms with Crippen LogP contribution in [0.4, 0.5) is 0 Å². The van der Waals surface area contributed by atoms with Gasteiger partial charge in [0.2, 0.25) is 5.91 Å². The zero-order chi connectivity index (χ0) is 20.4. The van der Waals surface area contributed by atoms with Crippen molar-refractivity contribution in [3.05, 3.63) is 64.7 Å². The molecule has 0 saturated heterocycles.